The van der Waals surface area contributed by atoms with Crippen molar-refractivity contribution in [3.05, 3.63) is 34.6 Å². The van der Waals surface area contributed by atoms with Crippen LogP contribution in [0, 0.1) is 5.82 Å². The van der Waals surface area contributed by atoms with Gasteiger partial charge in [0.1, 0.15) is 5.82 Å². The predicted molar refractivity (Wildman–Crippen MR) is 69.2 cm³/mol. The van der Waals surface area contributed by atoms with Crippen LogP contribution in [0.25, 0.3) is 0 Å². The quantitative estimate of drug-likeness (QED) is 0.865. The Morgan fingerprint density at radius 3 is 2.72 bits per heavy atom. The van der Waals surface area contributed by atoms with Crippen molar-refractivity contribution < 1.29 is 14.3 Å². The van der Waals surface area contributed by atoms with Gasteiger partial charge < -0.3 is 5.11 Å². The highest BCUT2D eigenvalue weighted by Gasteiger charge is 2.17. The molecule has 0 radical (unpaired) electrons. The van der Waals surface area contributed by atoms with Gasteiger partial charge in [0.25, 0.3) is 0 Å². The molecular formula is C13H17ClFNO2. The highest BCUT2D eigenvalue weighted by molar-refractivity contribution is 6.30. The maximum Gasteiger partial charge on any atom is 0.317 e. The van der Waals surface area contributed by atoms with Crippen LogP contribution in [0.1, 0.15) is 25.8 Å². The van der Waals surface area contributed by atoms with E-state index < -0.39 is 11.8 Å². The third-order valence-electron chi connectivity index (χ3n) is 2.94. The summed E-state index contributed by atoms with van der Waals surface area (Å²) in [5.41, 5.74) is 0.459. The minimum absolute atomic E-state index is 0.0798. The Morgan fingerprint density at radius 2 is 2.22 bits per heavy atom. The molecule has 0 spiro atoms. The Balaban J connectivity index is 2.85. The van der Waals surface area contributed by atoms with Gasteiger partial charge in [0, 0.05) is 23.2 Å². The number of halogens is 2. The molecule has 1 aromatic carbocycles. The Hall–Kier alpha value is -1.13. The van der Waals surface area contributed by atoms with Gasteiger partial charge >= 0.3 is 5.97 Å². The van der Waals surface area contributed by atoms with E-state index in [1.54, 1.807) is 17.0 Å². The summed E-state index contributed by atoms with van der Waals surface area (Å²) in [5, 5.41) is 9.20. The molecule has 1 atom stereocenters. The highest BCUT2D eigenvalue weighted by Crippen LogP contribution is 2.17. The van der Waals surface area contributed by atoms with E-state index in [-0.39, 0.29) is 19.1 Å². The Morgan fingerprint density at radius 1 is 1.56 bits per heavy atom. The normalized spacial score (nSPS) is 12.7. The molecule has 100 valence electrons. The number of rotatable bonds is 6. The van der Waals surface area contributed by atoms with Gasteiger partial charge in [0.2, 0.25) is 0 Å². The third kappa shape index (κ3) is 4.27. The van der Waals surface area contributed by atoms with E-state index >= 15 is 0 Å². The molecule has 0 amide bonds. The van der Waals surface area contributed by atoms with Crippen LogP contribution >= 0.6 is 11.6 Å². The highest BCUT2D eigenvalue weighted by atomic mass is 35.5. The number of nitrogens with zero attached hydrogens (tertiary/aromatic N) is 1. The topological polar surface area (TPSA) is 40.5 Å². The lowest BCUT2D eigenvalue weighted by atomic mass is 10.1. The molecule has 1 unspecified atom stereocenters. The van der Waals surface area contributed by atoms with Crippen molar-refractivity contribution in [1.29, 1.82) is 0 Å². The van der Waals surface area contributed by atoms with Gasteiger partial charge in [-0.05, 0) is 25.5 Å². The first kappa shape index (κ1) is 14.9. The van der Waals surface area contributed by atoms with Gasteiger partial charge in [0.15, 0.2) is 0 Å². The summed E-state index contributed by atoms with van der Waals surface area (Å²) in [6.07, 6.45) is 0.808. The van der Waals surface area contributed by atoms with Crippen molar-refractivity contribution in [2.75, 3.05) is 6.54 Å². The zero-order chi connectivity index (χ0) is 13.7. The molecule has 0 aliphatic rings. The molecular weight excluding hydrogens is 257 g/mol. The van der Waals surface area contributed by atoms with Crippen LogP contribution in [-0.2, 0) is 11.3 Å². The molecule has 18 heavy (non-hydrogen) atoms. The lowest BCUT2D eigenvalue weighted by molar-refractivity contribution is -0.139. The van der Waals surface area contributed by atoms with Gasteiger partial charge in [-0.25, -0.2) is 4.39 Å². The van der Waals surface area contributed by atoms with Crippen LogP contribution in [0.5, 0.6) is 0 Å². The van der Waals surface area contributed by atoms with E-state index in [9.17, 15) is 9.18 Å². The van der Waals surface area contributed by atoms with Gasteiger partial charge in [-0.1, -0.05) is 24.6 Å². The maximum absolute atomic E-state index is 13.7. The summed E-state index contributed by atoms with van der Waals surface area (Å²) in [7, 11) is 0. The molecule has 0 saturated carbocycles. The Bertz CT molecular complexity index is 425. The standard InChI is InChI=1S/C13H17ClFNO2/c1-3-9(2)16(8-13(17)18)7-10-4-5-11(14)6-12(10)15/h4-6,9H,3,7-8H2,1-2H3,(H,17,18). The van der Waals surface area contributed by atoms with Gasteiger partial charge in [-0.2, -0.15) is 0 Å². The van der Waals surface area contributed by atoms with Crippen molar-refractivity contribution in [3.8, 4) is 0 Å². The molecule has 0 aliphatic heterocycles. The molecule has 3 nitrogen and oxygen atoms in total. The van der Waals surface area contributed by atoms with Gasteiger partial charge in [0.05, 0.1) is 6.54 Å². The van der Waals surface area contributed by atoms with E-state index in [1.165, 1.54) is 6.07 Å². The first-order valence-electron chi connectivity index (χ1n) is 5.83. The molecule has 1 N–H and O–H groups in total. The third-order valence-corrected chi connectivity index (χ3v) is 3.18. The van der Waals surface area contributed by atoms with Crippen LogP contribution in [0.15, 0.2) is 18.2 Å². The van der Waals surface area contributed by atoms with Crippen LogP contribution in [0.4, 0.5) is 4.39 Å². The molecule has 0 saturated heterocycles. The second-order valence-electron chi connectivity index (χ2n) is 4.29. The maximum atomic E-state index is 13.7. The first-order chi connectivity index (χ1) is 8.43. The van der Waals surface area contributed by atoms with Crippen LogP contribution in [0.3, 0.4) is 0 Å². The van der Waals surface area contributed by atoms with E-state index in [2.05, 4.69) is 0 Å². The number of carbonyl (C=O) groups is 1. The van der Waals surface area contributed by atoms with Crippen molar-refractivity contribution >= 4 is 17.6 Å². The molecule has 0 heterocycles. The van der Waals surface area contributed by atoms with Gasteiger partial charge in [-0.3, -0.25) is 9.69 Å². The smallest absolute Gasteiger partial charge is 0.317 e. The molecule has 5 heteroatoms. The zero-order valence-electron chi connectivity index (χ0n) is 10.5. The predicted octanol–water partition coefficient (Wildman–Crippen LogP) is 3.16. The fourth-order valence-corrected chi connectivity index (χ4v) is 1.83. The number of aliphatic carboxylic acids is 1. The van der Waals surface area contributed by atoms with Crippen molar-refractivity contribution in [2.45, 2.75) is 32.9 Å². The number of benzene rings is 1. The summed E-state index contributed by atoms with van der Waals surface area (Å²) in [6.45, 7) is 4.07. The number of carboxylic acid groups (broad SMARTS) is 1. The number of hydrogen-bond acceptors (Lipinski definition) is 2. The SMILES string of the molecule is CCC(C)N(CC(=O)O)Cc1ccc(Cl)cc1F. The van der Waals surface area contributed by atoms with Crippen molar-refractivity contribution in [1.82, 2.24) is 4.90 Å². The van der Waals surface area contributed by atoms with Crippen LogP contribution in [0.2, 0.25) is 5.02 Å². The Kier molecular flexibility index (Phi) is 5.56. The second-order valence-corrected chi connectivity index (χ2v) is 4.73. The van der Waals surface area contributed by atoms with E-state index in [0.717, 1.165) is 6.42 Å². The Labute approximate surface area is 111 Å². The molecule has 1 rings (SSSR count). The summed E-state index contributed by atoms with van der Waals surface area (Å²) >= 11 is 5.68. The zero-order valence-corrected chi connectivity index (χ0v) is 11.2. The molecule has 0 bridgehead atoms. The lowest BCUT2D eigenvalue weighted by Crippen LogP contribution is -2.36. The summed E-state index contributed by atoms with van der Waals surface area (Å²) in [4.78, 5) is 12.5. The fourth-order valence-electron chi connectivity index (χ4n) is 1.67. The van der Waals surface area contributed by atoms with E-state index in [0.29, 0.717) is 10.6 Å². The van der Waals surface area contributed by atoms with Crippen molar-refractivity contribution in [2.24, 2.45) is 0 Å². The monoisotopic (exact) mass is 273 g/mol. The second kappa shape index (κ2) is 6.71. The van der Waals surface area contributed by atoms with Crippen molar-refractivity contribution in [3.63, 3.8) is 0 Å². The average Bonchev–Trinajstić information content (AvgIpc) is 2.30. The van der Waals surface area contributed by atoms with Crippen LogP contribution < -0.4 is 0 Å². The lowest BCUT2D eigenvalue weighted by Gasteiger charge is -2.26. The van der Waals surface area contributed by atoms with E-state index in [1.807, 2.05) is 13.8 Å². The van der Waals surface area contributed by atoms with Crippen LogP contribution in [-0.4, -0.2) is 28.6 Å². The summed E-state index contributed by atoms with van der Waals surface area (Å²) in [6, 6.07) is 4.52. The van der Waals surface area contributed by atoms with Gasteiger partial charge in [-0.15, -0.1) is 0 Å². The summed E-state index contributed by atoms with van der Waals surface area (Å²) < 4.78 is 13.7. The minimum Gasteiger partial charge on any atom is -0.480 e. The average molecular weight is 274 g/mol. The fraction of sp³-hybridized carbons (Fsp3) is 0.462. The minimum atomic E-state index is -0.912. The molecule has 1 aromatic rings. The van der Waals surface area contributed by atoms with E-state index in [4.69, 9.17) is 16.7 Å². The molecule has 0 aromatic heterocycles. The summed E-state index contributed by atoms with van der Waals surface area (Å²) in [5.74, 6) is -1.31. The number of carboxylic acids is 1. The molecule has 0 aliphatic carbocycles. The number of hydrogen-bond donors (Lipinski definition) is 1. The largest absolute Gasteiger partial charge is 0.480 e. The first-order valence-corrected chi connectivity index (χ1v) is 6.21. The molecule has 0 fully saturated rings.